The van der Waals surface area contributed by atoms with Gasteiger partial charge in [0.05, 0.1) is 59.7 Å². The zero-order valence-corrected chi connectivity index (χ0v) is 63.9. The van der Waals surface area contributed by atoms with Gasteiger partial charge in [-0.15, -0.1) is 45.3 Å². The number of alkyl carbamates (subject to hydrolysis) is 1. The van der Waals surface area contributed by atoms with E-state index in [1.165, 1.54) is 34.0 Å². The average Bonchev–Trinajstić information content (AvgIpc) is 1.66. The Balaban J connectivity index is 0.000000267. The van der Waals surface area contributed by atoms with Crippen molar-refractivity contribution in [2.75, 3.05) is 5.73 Å². The number of nitrogen functional groups attached to an aromatic ring is 1. The Morgan fingerprint density at radius 1 is 0.431 bits per heavy atom. The summed E-state index contributed by atoms with van der Waals surface area (Å²) in [7, 11) is 0. The van der Waals surface area contributed by atoms with E-state index in [2.05, 4.69) is 44.4 Å². The van der Waals surface area contributed by atoms with Crippen LogP contribution in [0.1, 0.15) is 119 Å². The van der Waals surface area contributed by atoms with Gasteiger partial charge in [0.2, 0.25) is 0 Å². The molecule has 0 bridgehead atoms. The lowest BCUT2D eigenvalue weighted by atomic mass is 9.92. The van der Waals surface area contributed by atoms with Gasteiger partial charge in [-0.05, 0) is 68.7 Å². The van der Waals surface area contributed by atoms with Gasteiger partial charge in [-0.2, -0.15) is 13.5 Å². The number of amides is 2. The summed E-state index contributed by atoms with van der Waals surface area (Å²) in [6.07, 6.45) is 0.298. The minimum atomic E-state index is -1.06. The number of carbonyl (C=O) groups excluding carboxylic acids is 5. The number of ether oxygens (including phenoxy) is 1. The van der Waals surface area contributed by atoms with Gasteiger partial charge >= 0.3 is 18.0 Å². The lowest BCUT2D eigenvalue weighted by Gasteiger charge is -2.23. The average molecular weight is 1480 g/mol. The van der Waals surface area contributed by atoms with E-state index in [0.29, 0.717) is 35.0 Å². The zero-order valence-electron chi connectivity index (χ0n) is 59.6. The van der Waals surface area contributed by atoms with E-state index in [9.17, 15) is 33.6 Å². The van der Waals surface area contributed by atoms with Gasteiger partial charge in [0, 0.05) is 55.3 Å². The molecule has 2 amide bonds. The van der Waals surface area contributed by atoms with E-state index in [1.54, 1.807) is 88.4 Å². The standard InChI is InChI=1S/C22H22N2O2S.C16H19NOS.C15H18N2OS.C10H19NO4.C9H8N2S.C7H6O2.H2S/c1-15(2)21(24-22(26)17-11-7-4-8-12-17)19(25)13-20-23-18(14-27-20)16-9-5-3-6-10-16;1-11(2)12(3)15(18)9-16-17-14(10-19-16)13-7-5-4-6-8-13;1-10(2)15(16)13(18)8-14-17-12(9-19-14)11-6-4-3-5-7-11;1-6(2)7(8(12)13)11-9(14)15-10(3,4)5;10-9-11-8(6-12-9)7-4-2-1-3-5-7;8-7(9)6-4-2-1-3-5-6;/h3-12,14-15,21H,13H2,1-2H3,(H,24,26);4-8,10-12H,9H2,1-3H3;3-7,9-10,15H,8,16H2,1-2H3;6-7H,1-5H3,(H,11,14)(H,12,13);1-6H,(H2,10,11);1-5H,(H,8,9);1H2/t21-;12-;15-;7-;;;/m0000.../s1. The summed E-state index contributed by atoms with van der Waals surface area (Å²) < 4.78 is 4.96. The molecule has 0 fully saturated rings. The Morgan fingerprint density at radius 3 is 1.07 bits per heavy atom. The molecular formula is C79H94N8O10S5. The third-order valence-corrected chi connectivity index (χ3v) is 18.2. The van der Waals surface area contributed by atoms with E-state index < -0.39 is 41.8 Å². The fraction of sp³-hybridized carbons (Fsp3) is 0.304. The molecule has 540 valence electrons. The van der Waals surface area contributed by atoms with Crippen molar-refractivity contribution in [3.8, 4) is 45.0 Å². The molecule has 4 atom stereocenters. The molecular weight excluding hydrogens is 1380 g/mol. The van der Waals surface area contributed by atoms with Crippen LogP contribution in [0.5, 0.6) is 0 Å². The number of anilines is 1. The van der Waals surface area contributed by atoms with Gasteiger partial charge in [-0.25, -0.2) is 34.3 Å². The Morgan fingerprint density at radius 2 is 0.765 bits per heavy atom. The molecule has 4 aromatic heterocycles. The number of nitrogens with two attached hydrogens (primary N) is 2. The summed E-state index contributed by atoms with van der Waals surface area (Å²) in [5, 5.41) is 33.5. The highest BCUT2D eigenvalue weighted by Crippen LogP contribution is 2.27. The maximum atomic E-state index is 12.8. The van der Waals surface area contributed by atoms with E-state index in [1.807, 2.05) is 196 Å². The third kappa shape index (κ3) is 30.1. The first-order chi connectivity index (χ1) is 48.0. The molecule has 0 aliphatic carbocycles. The number of aromatic nitrogens is 4. The molecule has 0 unspecified atom stereocenters. The fourth-order valence-corrected chi connectivity index (χ4v) is 12.0. The van der Waals surface area contributed by atoms with Gasteiger partial charge in [0.1, 0.15) is 32.4 Å². The number of aliphatic carboxylic acids is 1. The predicted octanol–water partition coefficient (Wildman–Crippen LogP) is 17.0. The van der Waals surface area contributed by atoms with Crippen LogP contribution >= 0.6 is 58.8 Å². The van der Waals surface area contributed by atoms with Crippen molar-refractivity contribution in [2.45, 2.75) is 126 Å². The maximum Gasteiger partial charge on any atom is 0.408 e. The maximum absolute atomic E-state index is 12.8. The highest BCUT2D eigenvalue weighted by Gasteiger charge is 2.28. The molecule has 0 aliphatic rings. The quantitative estimate of drug-likeness (QED) is 0.0367. The molecule has 0 saturated carbocycles. The van der Waals surface area contributed by atoms with E-state index in [4.69, 9.17) is 26.4 Å². The van der Waals surface area contributed by atoms with E-state index in [-0.39, 0.29) is 66.8 Å². The van der Waals surface area contributed by atoms with Gasteiger partial charge in [0.25, 0.3) is 5.91 Å². The molecule has 0 saturated heterocycles. The molecule has 102 heavy (non-hydrogen) atoms. The molecule has 0 radical (unpaired) electrons. The van der Waals surface area contributed by atoms with Gasteiger partial charge in [-0.3, -0.25) is 19.2 Å². The van der Waals surface area contributed by atoms with Crippen molar-refractivity contribution >= 4 is 105 Å². The first kappa shape index (κ1) is 85.1. The van der Waals surface area contributed by atoms with Gasteiger partial charge < -0.3 is 37.1 Å². The Hall–Kier alpha value is -9.36. The first-order valence-electron chi connectivity index (χ1n) is 33.0. The number of hydrogen-bond donors (Lipinski definition) is 6. The fourth-order valence-electron chi connectivity index (χ4n) is 8.97. The van der Waals surface area contributed by atoms with Crippen LogP contribution in [0.3, 0.4) is 0 Å². The second kappa shape index (κ2) is 43.4. The first-order valence-corrected chi connectivity index (χ1v) is 36.5. The summed E-state index contributed by atoms with van der Waals surface area (Å²) >= 11 is 6.02. The summed E-state index contributed by atoms with van der Waals surface area (Å²) in [5.41, 5.74) is 19.7. The smallest absolute Gasteiger partial charge is 0.408 e. The number of nitrogens with one attached hydrogen (secondary N) is 2. The van der Waals surface area contributed by atoms with Crippen molar-refractivity contribution in [3.05, 3.63) is 230 Å². The number of rotatable bonds is 22. The monoisotopic (exact) mass is 1470 g/mol. The minimum absolute atomic E-state index is 0. The van der Waals surface area contributed by atoms with Crippen LogP contribution in [-0.4, -0.2) is 95.2 Å². The van der Waals surface area contributed by atoms with Crippen molar-refractivity contribution < 1.29 is 48.5 Å². The third-order valence-electron chi connectivity index (χ3n) is 15.0. The lowest BCUT2D eigenvalue weighted by molar-refractivity contribution is -0.140. The van der Waals surface area contributed by atoms with Crippen LogP contribution in [0.15, 0.2) is 204 Å². The normalized spacial score (nSPS) is 11.8. The zero-order chi connectivity index (χ0) is 74.2. The predicted molar refractivity (Wildman–Crippen MR) is 420 cm³/mol. The highest BCUT2D eigenvalue weighted by molar-refractivity contribution is 7.59. The molecule has 23 heteroatoms. The van der Waals surface area contributed by atoms with E-state index in [0.717, 1.165) is 60.1 Å². The van der Waals surface area contributed by atoms with Crippen LogP contribution in [0.25, 0.3) is 45.0 Å². The number of thiazole rings is 4. The van der Waals surface area contributed by atoms with Crippen LogP contribution in [0, 0.1) is 29.6 Å². The van der Waals surface area contributed by atoms with Crippen LogP contribution < -0.4 is 22.1 Å². The second-order valence-corrected chi connectivity index (χ2v) is 29.3. The largest absolute Gasteiger partial charge is 0.480 e. The SMILES string of the molecule is CC(C)[C@H](C)C(=O)Cc1nc(-c2ccccc2)cs1.CC(C)[C@H](N)C(=O)Cc1nc(-c2ccccc2)cs1.CC(C)[C@H](NC(=O)OC(C)(C)C)C(=O)O.CC(C)[C@H](NC(=O)c1ccccc1)C(=O)Cc1nc(-c2ccccc2)cs1.Nc1nc(-c2ccccc2)cs1.O=C(O)c1ccccc1.S. The number of carbonyl (C=O) groups is 7. The van der Waals surface area contributed by atoms with Crippen LogP contribution in [0.2, 0.25) is 0 Å². The molecule has 0 spiro atoms. The number of Topliss-reactive ketones (excluding diaryl/α,β-unsaturated/α-hetero) is 3. The van der Waals surface area contributed by atoms with Crippen molar-refractivity contribution in [2.24, 2.45) is 35.3 Å². The minimum Gasteiger partial charge on any atom is -0.480 e. The van der Waals surface area contributed by atoms with Crippen LogP contribution in [-0.2, 0) is 43.2 Å². The summed E-state index contributed by atoms with van der Waals surface area (Å²) in [6, 6.07) is 55.3. The van der Waals surface area contributed by atoms with Crippen molar-refractivity contribution in [3.63, 3.8) is 0 Å². The molecule has 10 rings (SSSR count). The molecule has 18 nitrogen and oxygen atoms in total. The number of carboxylic acids is 2. The lowest BCUT2D eigenvalue weighted by Crippen LogP contribution is -2.46. The highest BCUT2D eigenvalue weighted by atomic mass is 32.1. The molecule has 10 aromatic rings. The van der Waals surface area contributed by atoms with Crippen LogP contribution in [0.4, 0.5) is 9.93 Å². The van der Waals surface area contributed by atoms with Crippen molar-refractivity contribution in [1.82, 2.24) is 30.6 Å². The van der Waals surface area contributed by atoms with Crippen molar-refractivity contribution in [1.29, 1.82) is 0 Å². The summed E-state index contributed by atoms with van der Waals surface area (Å²) in [6.45, 7) is 22.5. The number of aromatic carboxylic acids is 1. The number of benzene rings is 6. The summed E-state index contributed by atoms with van der Waals surface area (Å²) in [5.74, 6) is -1.38. The second-order valence-electron chi connectivity index (χ2n) is 25.6. The number of ketones is 3. The van der Waals surface area contributed by atoms with Gasteiger partial charge in [-0.1, -0.05) is 220 Å². The molecule has 4 heterocycles. The molecule has 0 aliphatic heterocycles. The Bertz CT molecular complexity index is 4040. The number of hydrogen-bond acceptors (Lipinski definition) is 18. The molecule has 6 aromatic carbocycles. The molecule has 8 N–H and O–H groups in total. The Kier molecular flexibility index (Phi) is 36.2. The number of nitrogens with zero attached hydrogens (tertiary/aromatic N) is 4. The number of carboxylic acid groups (broad SMARTS) is 2. The van der Waals surface area contributed by atoms with E-state index >= 15 is 0 Å². The Labute approximate surface area is 622 Å². The topological polar surface area (TPSA) is 297 Å². The van der Waals surface area contributed by atoms with Gasteiger partial charge in [0.15, 0.2) is 16.7 Å². The summed E-state index contributed by atoms with van der Waals surface area (Å²) in [4.78, 5) is 99.3.